The van der Waals surface area contributed by atoms with E-state index >= 15 is 0 Å². The van der Waals surface area contributed by atoms with Crippen LogP contribution >= 0.6 is 0 Å². The van der Waals surface area contributed by atoms with Crippen molar-refractivity contribution in [2.45, 2.75) is 89.8 Å². The lowest BCUT2D eigenvalue weighted by molar-refractivity contribution is -0.327. The SMILES string of the molecule is CC(=O)O[C@@]12CO[C@@H]1C[C@H](O)[C@@]1(C)C(=O)[C@H](O)C3=C(C)CCC(O)(CC12)C3(C)C. The van der Waals surface area contributed by atoms with Gasteiger partial charge in [0.25, 0.3) is 0 Å². The lowest BCUT2D eigenvalue weighted by atomic mass is 9.46. The van der Waals surface area contributed by atoms with Crippen molar-refractivity contribution in [3.63, 3.8) is 0 Å². The van der Waals surface area contributed by atoms with Gasteiger partial charge in [-0.05, 0) is 38.7 Å². The van der Waals surface area contributed by atoms with Crippen molar-refractivity contribution in [2.75, 3.05) is 6.61 Å². The third-order valence-electron chi connectivity index (χ3n) is 8.64. The van der Waals surface area contributed by atoms with Gasteiger partial charge in [0.15, 0.2) is 11.4 Å². The van der Waals surface area contributed by atoms with Gasteiger partial charge in [-0.3, -0.25) is 9.59 Å². The van der Waals surface area contributed by atoms with E-state index in [9.17, 15) is 24.9 Å². The molecule has 3 fully saturated rings. The highest BCUT2D eigenvalue weighted by Gasteiger charge is 2.73. The zero-order chi connectivity index (χ0) is 21.6. The molecule has 0 aromatic rings. The number of hydrogen-bond donors (Lipinski definition) is 3. The molecule has 29 heavy (non-hydrogen) atoms. The Hall–Kier alpha value is -1.28. The maximum Gasteiger partial charge on any atom is 0.303 e. The number of Topliss-reactive ketones (excluding diaryl/α,β-unsaturated/α-hetero) is 1. The summed E-state index contributed by atoms with van der Waals surface area (Å²) >= 11 is 0. The van der Waals surface area contributed by atoms with Gasteiger partial charge in [-0.2, -0.15) is 0 Å². The third kappa shape index (κ3) is 2.44. The molecule has 4 rings (SSSR count). The van der Waals surface area contributed by atoms with E-state index in [1.807, 2.05) is 20.8 Å². The summed E-state index contributed by atoms with van der Waals surface area (Å²) in [4.78, 5) is 25.7. The van der Waals surface area contributed by atoms with Gasteiger partial charge in [-0.15, -0.1) is 0 Å². The average Bonchev–Trinajstić information content (AvgIpc) is 2.61. The van der Waals surface area contributed by atoms with Crippen molar-refractivity contribution >= 4 is 11.8 Å². The molecule has 1 heterocycles. The van der Waals surface area contributed by atoms with Crippen LogP contribution in [-0.2, 0) is 19.1 Å². The van der Waals surface area contributed by atoms with Crippen LogP contribution in [0.3, 0.4) is 0 Å². The topological polar surface area (TPSA) is 113 Å². The molecule has 3 N–H and O–H groups in total. The zero-order valence-corrected chi connectivity index (χ0v) is 17.8. The summed E-state index contributed by atoms with van der Waals surface area (Å²) in [6, 6.07) is 0. The van der Waals surface area contributed by atoms with Gasteiger partial charge in [0.05, 0.1) is 23.7 Å². The van der Waals surface area contributed by atoms with E-state index in [0.29, 0.717) is 18.4 Å². The number of allylic oxidation sites excluding steroid dienone is 1. The van der Waals surface area contributed by atoms with Crippen LogP contribution in [0.15, 0.2) is 11.1 Å². The lowest BCUT2D eigenvalue weighted by Gasteiger charge is -2.65. The Kier molecular flexibility index (Phi) is 4.43. The van der Waals surface area contributed by atoms with Crippen LogP contribution in [0, 0.1) is 16.7 Å². The first kappa shape index (κ1) is 21.0. The molecule has 0 spiro atoms. The Morgan fingerprint density at radius 3 is 2.45 bits per heavy atom. The summed E-state index contributed by atoms with van der Waals surface area (Å²) in [7, 11) is 0. The standard InChI is InChI=1S/C22H32O7/c1-11-6-7-21(27)9-13-20(5,18(26)17(25)16(11)19(21,3)4)14(24)8-15-22(13,10-28-15)29-12(2)23/h13-15,17,24-25,27H,6-10H2,1-5H3/t13?,14-,15+,17+,20-,21?,22+/m0/s1. The Morgan fingerprint density at radius 1 is 1.24 bits per heavy atom. The normalized spacial score (nSPS) is 48.6. The highest BCUT2D eigenvalue weighted by molar-refractivity contribution is 5.93. The van der Waals surface area contributed by atoms with Gasteiger partial charge in [-0.25, -0.2) is 0 Å². The molecule has 0 aromatic heterocycles. The van der Waals surface area contributed by atoms with E-state index in [1.165, 1.54) is 6.92 Å². The van der Waals surface area contributed by atoms with Crippen LogP contribution in [0.4, 0.5) is 0 Å². The number of carbonyl (C=O) groups is 2. The van der Waals surface area contributed by atoms with Crippen LogP contribution in [0.2, 0.25) is 0 Å². The molecule has 7 atom stereocenters. The van der Waals surface area contributed by atoms with Crippen LogP contribution in [-0.4, -0.2) is 63.2 Å². The summed E-state index contributed by atoms with van der Waals surface area (Å²) in [5.74, 6) is -1.63. The third-order valence-corrected chi connectivity index (χ3v) is 8.64. The van der Waals surface area contributed by atoms with Gasteiger partial charge in [0, 0.05) is 24.7 Å². The lowest BCUT2D eigenvalue weighted by Crippen LogP contribution is -2.77. The van der Waals surface area contributed by atoms with E-state index in [2.05, 4.69) is 0 Å². The molecule has 162 valence electrons. The molecule has 0 radical (unpaired) electrons. The Morgan fingerprint density at radius 2 is 1.90 bits per heavy atom. The highest BCUT2D eigenvalue weighted by Crippen LogP contribution is 2.62. The molecule has 0 aromatic carbocycles. The minimum atomic E-state index is -1.42. The molecule has 4 aliphatic rings. The van der Waals surface area contributed by atoms with Crippen molar-refractivity contribution in [1.29, 1.82) is 0 Å². The predicted octanol–water partition coefficient (Wildman–Crippen LogP) is 1.28. The molecule has 0 amide bonds. The van der Waals surface area contributed by atoms with Gasteiger partial charge in [0.2, 0.25) is 0 Å². The number of carbonyl (C=O) groups excluding carboxylic acids is 2. The molecule has 7 nitrogen and oxygen atoms in total. The molecule has 1 saturated heterocycles. The van der Waals surface area contributed by atoms with Crippen LogP contribution in [0.5, 0.6) is 0 Å². The smallest absolute Gasteiger partial charge is 0.303 e. The van der Waals surface area contributed by atoms with E-state index < -0.39 is 58.0 Å². The van der Waals surface area contributed by atoms with Crippen LogP contribution in [0.25, 0.3) is 0 Å². The summed E-state index contributed by atoms with van der Waals surface area (Å²) in [5, 5.41) is 34.1. The first-order valence-electron chi connectivity index (χ1n) is 10.5. The zero-order valence-electron chi connectivity index (χ0n) is 17.8. The monoisotopic (exact) mass is 408 g/mol. The summed E-state index contributed by atoms with van der Waals surface area (Å²) in [6.07, 6.45) is -1.67. The Bertz CT molecular complexity index is 801. The maximum absolute atomic E-state index is 13.7. The summed E-state index contributed by atoms with van der Waals surface area (Å²) in [6.45, 7) is 8.68. The van der Waals surface area contributed by atoms with E-state index in [-0.39, 0.29) is 19.4 Å². The number of ketones is 1. The summed E-state index contributed by atoms with van der Waals surface area (Å²) in [5.41, 5.74) is -3.06. The number of fused-ring (bicyclic) bond motifs is 5. The summed E-state index contributed by atoms with van der Waals surface area (Å²) < 4.78 is 11.4. The number of hydrogen-bond acceptors (Lipinski definition) is 7. The molecular formula is C22H32O7. The second kappa shape index (κ2) is 6.13. The average molecular weight is 408 g/mol. The number of ether oxygens (including phenoxy) is 2. The van der Waals surface area contributed by atoms with E-state index in [0.717, 1.165) is 5.57 Å². The first-order chi connectivity index (χ1) is 13.3. The minimum Gasteiger partial charge on any atom is -0.454 e. The minimum absolute atomic E-state index is 0.117. The Labute approximate surface area is 171 Å². The molecule has 2 saturated carbocycles. The molecular weight excluding hydrogens is 376 g/mol. The second-order valence-corrected chi connectivity index (χ2v) is 10.3. The second-order valence-electron chi connectivity index (χ2n) is 10.3. The molecule has 2 unspecified atom stereocenters. The van der Waals surface area contributed by atoms with Crippen molar-refractivity contribution in [3.05, 3.63) is 11.1 Å². The van der Waals surface area contributed by atoms with Crippen LogP contribution < -0.4 is 0 Å². The largest absolute Gasteiger partial charge is 0.454 e. The number of aliphatic hydroxyl groups excluding tert-OH is 2. The molecule has 2 bridgehead atoms. The fraction of sp³-hybridized carbons (Fsp3) is 0.818. The van der Waals surface area contributed by atoms with Crippen molar-refractivity contribution in [1.82, 2.24) is 0 Å². The number of aliphatic hydroxyl groups is 3. The quantitative estimate of drug-likeness (QED) is 0.442. The predicted molar refractivity (Wildman–Crippen MR) is 103 cm³/mol. The van der Waals surface area contributed by atoms with Gasteiger partial charge in [-0.1, -0.05) is 19.4 Å². The van der Waals surface area contributed by atoms with E-state index in [4.69, 9.17) is 9.47 Å². The Balaban J connectivity index is 1.94. The van der Waals surface area contributed by atoms with Crippen molar-refractivity contribution in [2.24, 2.45) is 16.7 Å². The molecule has 7 heteroatoms. The fourth-order valence-corrected chi connectivity index (χ4v) is 6.62. The number of rotatable bonds is 1. The first-order valence-corrected chi connectivity index (χ1v) is 10.5. The molecule has 1 aliphatic heterocycles. The highest BCUT2D eigenvalue weighted by atomic mass is 16.6. The van der Waals surface area contributed by atoms with Gasteiger partial charge >= 0.3 is 5.97 Å². The maximum atomic E-state index is 13.7. The van der Waals surface area contributed by atoms with Crippen molar-refractivity contribution in [3.8, 4) is 0 Å². The molecule has 3 aliphatic carbocycles. The van der Waals surface area contributed by atoms with Gasteiger partial charge < -0.3 is 24.8 Å². The fourth-order valence-electron chi connectivity index (χ4n) is 6.62. The van der Waals surface area contributed by atoms with Crippen molar-refractivity contribution < 1.29 is 34.4 Å². The number of esters is 1. The van der Waals surface area contributed by atoms with E-state index in [1.54, 1.807) is 6.92 Å². The van der Waals surface area contributed by atoms with Gasteiger partial charge in [0.1, 0.15) is 12.2 Å². The van der Waals surface area contributed by atoms with Crippen LogP contribution in [0.1, 0.15) is 60.3 Å².